The van der Waals surface area contributed by atoms with E-state index in [2.05, 4.69) is 10.1 Å². The van der Waals surface area contributed by atoms with E-state index in [4.69, 9.17) is 0 Å². The van der Waals surface area contributed by atoms with E-state index in [-0.39, 0.29) is 0 Å². The first kappa shape index (κ1) is 9.64. The summed E-state index contributed by atoms with van der Waals surface area (Å²) in [6.45, 7) is 0. The Morgan fingerprint density at radius 3 is 2.93 bits per heavy atom. The summed E-state index contributed by atoms with van der Waals surface area (Å²) in [6.07, 6.45) is 0. The fourth-order valence-corrected chi connectivity index (χ4v) is 1.51. The smallest absolute Gasteiger partial charge is 0.336 e. The maximum atomic E-state index is 12.8. The van der Waals surface area contributed by atoms with Crippen LogP contribution in [0, 0.1) is 5.82 Å². The molecular formula is C10H8FNO3. The number of hydrogen-bond donors (Lipinski definition) is 1. The zero-order valence-electron chi connectivity index (χ0n) is 7.91. The minimum atomic E-state index is -1.05. The first-order chi connectivity index (χ1) is 7.13. The van der Waals surface area contributed by atoms with E-state index in [9.17, 15) is 14.0 Å². The van der Waals surface area contributed by atoms with Gasteiger partial charge in [0.15, 0.2) is 11.8 Å². The van der Waals surface area contributed by atoms with Crippen LogP contribution >= 0.6 is 0 Å². The van der Waals surface area contributed by atoms with Crippen molar-refractivity contribution >= 4 is 17.4 Å². The number of anilines is 1. The first-order valence-electron chi connectivity index (χ1n) is 4.31. The lowest BCUT2D eigenvalue weighted by atomic mass is 10.1. The first-order valence-corrected chi connectivity index (χ1v) is 4.31. The van der Waals surface area contributed by atoms with Crippen LogP contribution in [0.2, 0.25) is 0 Å². The summed E-state index contributed by atoms with van der Waals surface area (Å²) in [5, 5.41) is 2.61. The lowest BCUT2D eigenvalue weighted by molar-refractivity contribution is -0.140. The molecule has 0 fully saturated rings. The Morgan fingerprint density at radius 2 is 2.27 bits per heavy atom. The number of esters is 1. The number of carbonyl (C=O) groups is 2. The van der Waals surface area contributed by atoms with Gasteiger partial charge < -0.3 is 10.1 Å². The van der Waals surface area contributed by atoms with Gasteiger partial charge in [-0.3, -0.25) is 4.79 Å². The van der Waals surface area contributed by atoms with Gasteiger partial charge in [0.05, 0.1) is 7.11 Å². The van der Waals surface area contributed by atoms with Crippen molar-refractivity contribution in [3.8, 4) is 0 Å². The normalized spacial score (nSPS) is 18.3. The highest BCUT2D eigenvalue weighted by atomic mass is 19.1. The van der Waals surface area contributed by atoms with Crippen molar-refractivity contribution in [2.24, 2.45) is 0 Å². The van der Waals surface area contributed by atoms with E-state index in [1.807, 2.05) is 0 Å². The van der Waals surface area contributed by atoms with Crippen LogP contribution in [0.5, 0.6) is 0 Å². The Morgan fingerprint density at radius 1 is 1.53 bits per heavy atom. The quantitative estimate of drug-likeness (QED) is 0.553. The minimum absolute atomic E-state index is 0.312. The molecule has 0 bridgehead atoms. The number of fused-ring (bicyclic) bond motifs is 1. The SMILES string of the molecule is COC(=O)C1Nc2cc(F)ccc2C1=O. The maximum absolute atomic E-state index is 12.8. The van der Waals surface area contributed by atoms with E-state index in [0.29, 0.717) is 11.3 Å². The summed E-state index contributed by atoms with van der Waals surface area (Å²) in [4.78, 5) is 22.8. The van der Waals surface area contributed by atoms with Crippen LogP contribution in [0.4, 0.5) is 10.1 Å². The molecule has 15 heavy (non-hydrogen) atoms. The number of nitrogens with one attached hydrogen (secondary N) is 1. The van der Waals surface area contributed by atoms with Crippen molar-refractivity contribution in [3.05, 3.63) is 29.6 Å². The van der Waals surface area contributed by atoms with Crippen LogP contribution < -0.4 is 5.32 Å². The van der Waals surface area contributed by atoms with E-state index in [0.717, 1.165) is 0 Å². The molecule has 1 aromatic carbocycles. The molecule has 4 nitrogen and oxygen atoms in total. The Balaban J connectivity index is 2.37. The summed E-state index contributed by atoms with van der Waals surface area (Å²) >= 11 is 0. The minimum Gasteiger partial charge on any atom is -0.467 e. The van der Waals surface area contributed by atoms with Crippen molar-refractivity contribution in [2.45, 2.75) is 6.04 Å². The van der Waals surface area contributed by atoms with Crippen molar-refractivity contribution < 1.29 is 18.7 Å². The summed E-state index contributed by atoms with van der Waals surface area (Å²) in [5.41, 5.74) is 0.641. The number of methoxy groups -OCH3 is 1. The monoisotopic (exact) mass is 209 g/mol. The van der Waals surface area contributed by atoms with Crippen LogP contribution in [-0.2, 0) is 9.53 Å². The molecule has 1 aliphatic rings. The lowest BCUT2D eigenvalue weighted by Crippen LogP contribution is -2.33. The number of carbonyl (C=O) groups excluding carboxylic acids is 2. The molecule has 1 unspecified atom stereocenters. The number of hydrogen-bond acceptors (Lipinski definition) is 4. The van der Waals surface area contributed by atoms with Crippen LogP contribution in [0.1, 0.15) is 10.4 Å². The van der Waals surface area contributed by atoms with E-state index < -0.39 is 23.6 Å². The van der Waals surface area contributed by atoms with Crippen molar-refractivity contribution in [3.63, 3.8) is 0 Å². The third kappa shape index (κ3) is 1.45. The molecule has 0 saturated carbocycles. The molecule has 0 saturated heterocycles. The summed E-state index contributed by atoms with van der Waals surface area (Å²) in [6, 6.07) is 2.66. The Bertz CT molecular complexity index is 444. The highest BCUT2D eigenvalue weighted by molar-refractivity contribution is 6.20. The fourth-order valence-electron chi connectivity index (χ4n) is 1.51. The summed E-state index contributed by atoms with van der Waals surface area (Å²) in [7, 11) is 1.20. The molecule has 0 aromatic heterocycles. The van der Waals surface area contributed by atoms with Crippen LogP contribution in [0.15, 0.2) is 18.2 Å². The molecule has 0 amide bonds. The molecule has 0 aliphatic carbocycles. The molecule has 1 aliphatic heterocycles. The lowest BCUT2D eigenvalue weighted by Gasteiger charge is -2.05. The van der Waals surface area contributed by atoms with E-state index >= 15 is 0 Å². The van der Waals surface area contributed by atoms with Crippen LogP contribution in [0.25, 0.3) is 0 Å². The summed E-state index contributed by atoms with van der Waals surface area (Å²) < 4.78 is 17.3. The van der Waals surface area contributed by atoms with E-state index in [1.54, 1.807) is 0 Å². The van der Waals surface area contributed by atoms with E-state index in [1.165, 1.54) is 25.3 Å². The van der Waals surface area contributed by atoms with Gasteiger partial charge in [-0.05, 0) is 18.2 Å². The van der Waals surface area contributed by atoms with Crippen molar-refractivity contribution in [1.82, 2.24) is 0 Å². The molecule has 1 atom stereocenters. The van der Waals surface area contributed by atoms with Gasteiger partial charge >= 0.3 is 5.97 Å². The largest absolute Gasteiger partial charge is 0.467 e. The van der Waals surface area contributed by atoms with Gasteiger partial charge in [0, 0.05) is 11.3 Å². The van der Waals surface area contributed by atoms with Crippen LogP contribution in [0.3, 0.4) is 0 Å². The number of benzene rings is 1. The number of rotatable bonds is 1. The Labute approximate surface area is 85.0 Å². The van der Waals surface area contributed by atoms with Gasteiger partial charge in [-0.25, -0.2) is 9.18 Å². The zero-order valence-corrected chi connectivity index (χ0v) is 7.91. The topological polar surface area (TPSA) is 55.4 Å². The van der Waals surface area contributed by atoms with Gasteiger partial charge in [-0.1, -0.05) is 0 Å². The van der Waals surface area contributed by atoms with Gasteiger partial charge in [0.2, 0.25) is 0 Å². The molecule has 78 valence electrons. The van der Waals surface area contributed by atoms with Gasteiger partial charge in [0.1, 0.15) is 5.82 Å². The predicted octanol–water partition coefficient (Wildman–Crippen LogP) is 0.975. The number of ether oxygens (including phenoxy) is 1. The number of Topliss-reactive ketones (excluding diaryl/α,β-unsaturated/α-hetero) is 1. The molecular weight excluding hydrogens is 201 g/mol. The molecule has 1 aromatic rings. The van der Waals surface area contributed by atoms with Crippen LogP contribution in [-0.4, -0.2) is 24.9 Å². The standard InChI is InChI=1S/C10H8FNO3/c1-15-10(14)8-9(13)6-3-2-5(11)4-7(6)12-8/h2-4,8,12H,1H3. The third-order valence-corrected chi connectivity index (χ3v) is 2.25. The molecule has 1 N–H and O–H groups in total. The molecule has 1 heterocycles. The Hall–Kier alpha value is -1.91. The average molecular weight is 209 g/mol. The fraction of sp³-hybridized carbons (Fsp3) is 0.200. The summed E-state index contributed by atoms with van der Waals surface area (Å²) in [5.74, 6) is -1.52. The van der Waals surface area contributed by atoms with Crippen molar-refractivity contribution in [2.75, 3.05) is 12.4 Å². The average Bonchev–Trinajstić information content (AvgIpc) is 2.54. The second-order valence-corrected chi connectivity index (χ2v) is 3.15. The maximum Gasteiger partial charge on any atom is 0.336 e. The predicted molar refractivity (Wildman–Crippen MR) is 50.2 cm³/mol. The highest BCUT2D eigenvalue weighted by Gasteiger charge is 2.36. The van der Waals surface area contributed by atoms with Gasteiger partial charge in [-0.2, -0.15) is 0 Å². The van der Waals surface area contributed by atoms with Gasteiger partial charge in [-0.15, -0.1) is 0 Å². The number of ketones is 1. The highest BCUT2D eigenvalue weighted by Crippen LogP contribution is 2.26. The molecule has 5 heteroatoms. The number of halogens is 1. The zero-order chi connectivity index (χ0) is 11.0. The Kier molecular flexibility index (Phi) is 2.15. The molecule has 0 spiro atoms. The molecule has 2 rings (SSSR count). The second kappa shape index (κ2) is 3.34. The van der Waals surface area contributed by atoms with Crippen molar-refractivity contribution in [1.29, 1.82) is 0 Å². The van der Waals surface area contributed by atoms with Gasteiger partial charge in [0.25, 0.3) is 0 Å². The second-order valence-electron chi connectivity index (χ2n) is 3.15. The molecule has 0 radical (unpaired) electrons. The third-order valence-electron chi connectivity index (χ3n) is 2.25.